The van der Waals surface area contributed by atoms with Crippen LogP contribution in [-0.2, 0) is 14.3 Å². The number of benzene rings is 1. The van der Waals surface area contributed by atoms with Gasteiger partial charge < -0.3 is 14.4 Å². The van der Waals surface area contributed by atoms with Crippen LogP contribution < -0.4 is 0 Å². The summed E-state index contributed by atoms with van der Waals surface area (Å²) in [5.74, 6) is -0.433. The Hall–Kier alpha value is -1.17. The van der Waals surface area contributed by atoms with Gasteiger partial charge in [-0.05, 0) is 30.5 Å². The molecule has 0 bridgehead atoms. The molecule has 1 amide bonds. The van der Waals surface area contributed by atoms with Crippen molar-refractivity contribution in [1.29, 1.82) is 0 Å². The molecule has 0 aliphatic carbocycles. The molecule has 2 aliphatic rings. The van der Waals surface area contributed by atoms with Crippen LogP contribution in [0.25, 0.3) is 0 Å². The summed E-state index contributed by atoms with van der Waals surface area (Å²) in [4.78, 5) is 14.1. The second-order valence-corrected chi connectivity index (χ2v) is 5.73. The Morgan fingerprint density at radius 2 is 2.19 bits per heavy atom. The van der Waals surface area contributed by atoms with Gasteiger partial charge in [0.25, 0.3) is 5.91 Å². The van der Waals surface area contributed by atoms with Gasteiger partial charge in [-0.25, -0.2) is 4.39 Å². The highest BCUT2D eigenvalue weighted by molar-refractivity contribution is 6.30. The minimum Gasteiger partial charge on any atom is -0.370 e. The van der Waals surface area contributed by atoms with E-state index in [0.29, 0.717) is 26.3 Å². The highest BCUT2D eigenvalue weighted by Crippen LogP contribution is 2.27. The number of morpholine rings is 1. The zero-order valence-corrected chi connectivity index (χ0v) is 12.3. The summed E-state index contributed by atoms with van der Waals surface area (Å²) in [7, 11) is 0. The van der Waals surface area contributed by atoms with Crippen LogP contribution in [0.15, 0.2) is 18.2 Å². The van der Waals surface area contributed by atoms with Crippen LogP contribution in [0.5, 0.6) is 0 Å². The molecule has 2 heterocycles. The van der Waals surface area contributed by atoms with Gasteiger partial charge in [0.15, 0.2) is 0 Å². The average Bonchev–Trinajstić information content (AvgIpc) is 3.04. The maximum Gasteiger partial charge on any atom is 0.251 e. The molecular weight excluding hydrogens is 297 g/mol. The van der Waals surface area contributed by atoms with Crippen molar-refractivity contribution in [1.82, 2.24) is 4.90 Å². The molecule has 2 saturated heterocycles. The summed E-state index contributed by atoms with van der Waals surface area (Å²) < 4.78 is 24.3. The lowest BCUT2D eigenvalue weighted by Gasteiger charge is -2.34. The predicted molar refractivity (Wildman–Crippen MR) is 75.7 cm³/mol. The SMILES string of the molecule is O=C([C@H]1CCCO1)N1CCO[C@H](c2ccc(F)c(Cl)c2)C1. The molecule has 21 heavy (non-hydrogen) atoms. The summed E-state index contributed by atoms with van der Waals surface area (Å²) in [6.45, 7) is 2.11. The van der Waals surface area contributed by atoms with Gasteiger partial charge in [0.05, 0.1) is 18.2 Å². The van der Waals surface area contributed by atoms with Crippen LogP contribution in [-0.4, -0.2) is 43.2 Å². The Balaban J connectivity index is 1.70. The van der Waals surface area contributed by atoms with E-state index in [-0.39, 0.29) is 23.1 Å². The zero-order chi connectivity index (χ0) is 14.8. The molecule has 3 rings (SSSR count). The Bertz CT molecular complexity index is 534. The van der Waals surface area contributed by atoms with Crippen LogP contribution in [0.1, 0.15) is 24.5 Å². The number of hydrogen-bond donors (Lipinski definition) is 0. The van der Waals surface area contributed by atoms with Crippen molar-refractivity contribution >= 4 is 17.5 Å². The molecule has 0 N–H and O–H groups in total. The highest BCUT2D eigenvalue weighted by atomic mass is 35.5. The first kappa shape index (κ1) is 14.8. The first-order valence-corrected chi connectivity index (χ1v) is 7.50. The topological polar surface area (TPSA) is 38.8 Å². The summed E-state index contributed by atoms with van der Waals surface area (Å²) in [6, 6.07) is 4.52. The first-order chi connectivity index (χ1) is 10.1. The number of carbonyl (C=O) groups is 1. The third-order valence-electron chi connectivity index (χ3n) is 3.90. The van der Waals surface area contributed by atoms with Crippen molar-refractivity contribution in [2.75, 3.05) is 26.3 Å². The Morgan fingerprint density at radius 3 is 2.90 bits per heavy atom. The summed E-state index contributed by atoms with van der Waals surface area (Å²) in [5.41, 5.74) is 0.784. The van der Waals surface area contributed by atoms with Crippen molar-refractivity contribution in [3.63, 3.8) is 0 Å². The van der Waals surface area contributed by atoms with Gasteiger partial charge in [-0.3, -0.25) is 4.79 Å². The average molecular weight is 314 g/mol. The molecule has 0 saturated carbocycles. The predicted octanol–water partition coefficient (Wildman–Crippen LogP) is 2.56. The van der Waals surface area contributed by atoms with Crippen molar-refractivity contribution in [3.8, 4) is 0 Å². The minimum absolute atomic E-state index is 0.0222. The maximum atomic E-state index is 13.2. The van der Waals surface area contributed by atoms with Crippen molar-refractivity contribution in [2.45, 2.75) is 25.0 Å². The van der Waals surface area contributed by atoms with Crippen molar-refractivity contribution < 1.29 is 18.7 Å². The van der Waals surface area contributed by atoms with Crippen molar-refractivity contribution in [2.24, 2.45) is 0 Å². The van der Waals surface area contributed by atoms with Crippen LogP contribution in [0.3, 0.4) is 0 Å². The lowest BCUT2D eigenvalue weighted by Crippen LogP contribution is -2.46. The largest absolute Gasteiger partial charge is 0.370 e. The number of amides is 1. The lowest BCUT2D eigenvalue weighted by molar-refractivity contribution is -0.148. The molecule has 0 unspecified atom stereocenters. The lowest BCUT2D eigenvalue weighted by atomic mass is 10.1. The van der Waals surface area contributed by atoms with Gasteiger partial charge in [-0.2, -0.15) is 0 Å². The van der Waals surface area contributed by atoms with Gasteiger partial charge in [-0.15, -0.1) is 0 Å². The van der Waals surface area contributed by atoms with Crippen LogP contribution in [0.4, 0.5) is 4.39 Å². The quantitative estimate of drug-likeness (QED) is 0.842. The van der Waals surface area contributed by atoms with Crippen LogP contribution >= 0.6 is 11.6 Å². The van der Waals surface area contributed by atoms with Crippen molar-refractivity contribution in [3.05, 3.63) is 34.6 Å². The fourth-order valence-electron chi connectivity index (χ4n) is 2.74. The summed E-state index contributed by atoms with van der Waals surface area (Å²) in [5, 5.41) is 0.0682. The van der Waals surface area contributed by atoms with E-state index in [1.165, 1.54) is 6.07 Å². The second-order valence-electron chi connectivity index (χ2n) is 5.32. The number of ether oxygens (including phenoxy) is 2. The van der Waals surface area contributed by atoms with Gasteiger partial charge in [0, 0.05) is 13.2 Å². The van der Waals surface area contributed by atoms with Gasteiger partial charge in [-0.1, -0.05) is 17.7 Å². The number of carbonyl (C=O) groups excluding carboxylic acids is 1. The molecule has 2 fully saturated rings. The zero-order valence-electron chi connectivity index (χ0n) is 11.6. The van der Waals surface area contributed by atoms with Gasteiger partial charge in [0.2, 0.25) is 0 Å². The normalized spacial score (nSPS) is 26.1. The van der Waals surface area contributed by atoms with E-state index in [9.17, 15) is 9.18 Å². The Morgan fingerprint density at radius 1 is 1.33 bits per heavy atom. The summed E-state index contributed by atoms with van der Waals surface area (Å²) in [6.07, 6.45) is 1.11. The van der Waals surface area contributed by atoms with Gasteiger partial charge in [0.1, 0.15) is 18.0 Å². The highest BCUT2D eigenvalue weighted by Gasteiger charge is 2.32. The van der Waals surface area contributed by atoms with Crippen LogP contribution in [0.2, 0.25) is 5.02 Å². The van der Waals surface area contributed by atoms with E-state index < -0.39 is 5.82 Å². The van der Waals surface area contributed by atoms with Crippen LogP contribution in [0, 0.1) is 5.82 Å². The number of hydrogen-bond acceptors (Lipinski definition) is 3. The fraction of sp³-hybridized carbons (Fsp3) is 0.533. The molecule has 0 aromatic heterocycles. The molecule has 0 spiro atoms. The molecule has 114 valence electrons. The molecule has 2 atom stereocenters. The van der Waals surface area contributed by atoms with E-state index in [1.54, 1.807) is 17.0 Å². The molecule has 2 aliphatic heterocycles. The maximum absolute atomic E-state index is 13.2. The summed E-state index contributed by atoms with van der Waals surface area (Å²) >= 11 is 5.80. The third kappa shape index (κ3) is 3.20. The molecule has 0 radical (unpaired) electrons. The molecule has 6 heteroatoms. The monoisotopic (exact) mass is 313 g/mol. The molecule has 4 nitrogen and oxygen atoms in total. The molecule has 1 aromatic rings. The Labute approximate surface area is 127 Å². The standard InChI is InChI=1S/C15H17ClFNO3/c16-11-8-10(3-4-12(11)17)14-9-18(5-7-21-14)15(19)13-2-1-6-20-13/h3-4,8,13-14H,1-2,5-7,9H2/t13-,14+/m1/s1. The Kier molecular flexibility index (Phi) is 4.42. The number of halogens is 2. The van der Waals surface area contributed by atoms with E-state index in [4.69, 9.17) is 21.1 Å². The van der Waals surface area contributed by atoms with E-state index in [2.05, 4.69) is 0 Å². The minimum atomic E-state index is -0.455. The van der Waals surface area contributed by atoms with E-state index >= 15 is 0 Å². The number of nitrogens with zero attached hydrogens (tertiary/aromatic N) is 1. The van der Waals surface area contributed by atoms with E-state index in [1.807, 2.05) is 0 Å². The fourth-order valence-corrected chi connectivity index (χ4v) is 2.93. The number of rotatable bonds is 2. The third-order valence-corrected chi connectivity index (χ3v) is 4.19. The molecule has 1 aromatic carbocycles. The molecular formula is C15H17ClFNO3. The second kappa shape index (κ2) is 6.30. The van der Waals surface area contributed by atoms with Gasteiger partial charge >= 0.3 is 0 Å². The first-order valence-electron chi connectivity index (χ1n) is 7.12. The smallest absolute Gasteiger partial charge is 0.251 e. The van der Waals surface area contributed by atoms with E-state index in [0.717, 1.165) is 18.4 Å².